The van der Waals surface area contributed by atoms with Gasteiger partial charge < -0.3 is 30.6 Å². The number of nitrogens with two attached hydrogens (primary N) is 1. The van der Waals surface area contributed by atoms with E-state index in [1.54, 1.807) is 0 Å². The second kappa shape index (κ2) is 11.3. The Bertz CT molecular complexity index is 1200. The number of phenolic OH excluding ortho intramolecular Hbond substituents is 2. The van der Waals surface area contributed by atoms with Gasteiger partial charge in [0.25, 0.3) is 5.91 Å². The second-order valence-corrected chi connectivity index (χ2v) is 11.2. The lowest BCUT2D eigenvalue weighted by Gasteiger charge is -2.35. The molecule has 0 radical (unpaired) electrons. The number of hydrogen-bond acceptors (Lipinski definition) is 9. The topological polar surface area (TPSA) is 112 Å². The van der Waals surface area contributed by atoms with E-state index < -0.39 is 12.1 Å². The quantitative estimate of drug-likeness (QED) is 0.473. The molecule has 3 aliphatic heterocycles. The molecule has 3 aliphatic rings. The Morgan fingerprint density at radius 2 is 1.59 bits per heavy atom. The number of primary amides is 1. The third-order valence-corrected chi connectivity index (χ3v) is 8.12. The molecule has 0 aromatic heterocycles. The van der Waals surface area contributed by atoms with Crippen LogP contribution in [0.3, 0.4) is 0 Å². The number of hydrogen-bond donors (Lipinski definition) is 3. The molecule has 2 fully saturated rings. The van der Waals surface area contributed by atoms with Crippen LogP contribution in [0.15, 0.2) is 41.5 Å². The van der Waals surface area contributed by atoms with Crippen LogP contribution in [0.5, 0.6) is 11.5 Å². The summed E-state index contributed by atoms with van der Waals surface area (Å²) in [7, 11) is 2.14. The molecule has 0 aliphatic carbocycles. The van der Waals surface area contributed by atoms with E-state index in [1.807, 2.05) is 42.0 Å². The van der Waals surface area contributed by atoms with E-state index in [9.17, 15) is 15.0 Å². The third-order valence-electron chi connectivity index (χ3n) is 8.12. The standard InChI is InChI=1S/C29H41N7O3/c1-20(2)23-18-24(26(38)19-25(23)37)29-35(17-14-33-10-4-5-11-33)31-28(27(30)39)36(29)22-8-6-21(7-9-22)34-15-12-32(3)13-16-34/h6-9,18-20,29,37-38H,4-5,10-17H2,1-3H3,(H2,30,39). The van der Waals surface area contributed by atoms with Crippen LogP contribution in [-0.4, -0.2) is 96.2 Å². The molecule has 210 valence electrons. The fraction of sp³-hybridized carbons (Fsp3) is 0.517. The number of nitrogens with zero attached hydrogens (tertiary/aromatic N) is 6. The molecule has 2 aromatic rings. The highest BCUT2D eigenvalue weighted by Crippen LogP contribution is 2.43. The molecule has 0 saturated carbocycles. The van der Waals surface area contributed by atoms with Gasteiger partial charge in [0.15, 0.2) is 6.17 Å². The molecule has 1 unspecified atom stereocenters. The summed E-state index contributed by atoms with van der Waals surface area (Å²) in [6.07, 6.45) is 1.77. The second-order valence-electron chi connectivity index (χ2n) is 11.2. The van der Waals surface area contributed by atoms with Gasteiger partial charge in [-0.1, -0.05) is 13.8 Å². The normalized spacial score (nSPS) is 20.8. The van der Waals surface area contributed by atoms with Crippen molar-refractivity contribution in [1.29, 1.82) is 0 Å². The number of likely N-dealkylation sites (N-methyl/N-ethyl adjacent to an activating group) is 1. The van der Waals surface area contributed by atoms with Gasteiger partial charge in [0.1, 0.15) is 11.5 Å². The van der Waals surface area contributed by atoms with Gasteiger partial charge in [-0.25, -0.2) is 0 Å². The summed E-state index contributed by atoms with van der Waals surface area (Å²) in [4.78, 5) is 21.6. The van der Waals surface area contributed by atoms with Crippen LogP contribution in [0.1, 0.15) is 49.9 Å². The van der Waals surface area contributed by atoms with Gasteiger partial charge in [0.2, 0.25) is 5.84 Å². The summed E-state index contributed by atoms with van der Waals surface area (Å²) in [6.45, 7) is 11.4. The summed E-state index contributed by atoms with van der Waals surface area (Å²) < 4.78 is 0. The summed E-state index contributed by atoms with van der Waals surface area (Å²) in [6, 6.07) is 11.3. The van der Waals surface area contributed by atoms with Gasteiger partial charge in [-0.3, -0.25) is 14.7 Å². The molecule has 0 spiro atoms. The predicted octanol–water partition coefficient (Wildman–Crippen LogP) is 2.69. The van der Waals surface area contributed by atoms with Crippen LogP contribution in [0.25, 0.3) is 0 Å². The van der Waals surface area contributed by atoms with Crippen LogP contribution >= 0.6 is 0 Å². The first-order chi connectivity index (χ1) is 18.7. The van der Waals surface area contributed by atoms with E-state index in [1.165, 1.54) is 18.9 Å². The lowest BCUT2D eigenvalue weighted by atomic mass is 9.97. The van der Waals surface area contributed by atoms with Crippen molar-refractivity contribution in [3.05, 3.63) is 47.5 Å². The smallest absolute Gasteiger partial charge is 0.286 e. The summed E-state index contributed by atoms with van der Waals surface area (Å²) >= 11 is 0. The monoisotopic (exact) mass is 535 g/mol. The minimum Gasteiger partial charge on any atom is -0.508 e. The molecule has 39 heavy (non-hydrogen) atoms. The number of carbonyl (C=O) groups excluding carboxylic acids is 1. The first-order valence-corrected chi connectivity index (χ1v) is 14.0. The Labute approximate surface area is 230 Å². The number of rotatable bonds is 8. The average Bonchev–Trinajstić information content (AvgIpc) is 3.56. The molecule has 1 amide bonds. The van der Waals surface area contributed by atoms with Crippen LogP contribution in [0.4, 0.5) is 11.4 Å². The zero-order chi connectivity index (χ0) is 27.7. The number of phenols is 2. The van der Waals surface area contributed by atoms with E-state index in [2.05, 4.69) is 33.9 Å². The SMILES string of the molecule is CC(C)c1cc(C2N(CCN3CCCC3)N=C(C(N)=O)N2c2ccc(N3CCN(C)CC3)cc2)c(O)cc1O. The van der Waals surface area contributed by atoms with Gasteiger partial charge in [-0.15, -0.1) is 0 Å². The maximum absolute atomic E-state index is 12.7. The van der Waals surface area contributed by atoms with E-state index >= 15 is 0 Å². The number of piperazine rings is 1. The Kier molecular flexibility index (Phi) is 7.86. The number of likely N-dealkylation sites (tertiary alicyclic amines) is 1. The van der Waals surface area contributed by atoms with Gasteiger partial charge in [-0.2, -0.15) is 5.10 Å². The average molecular weight is 536 g/mol. The van der Waals surface area contributed by atoms with Crippen LogP contribution in [0, 0.1) is 0 Å². The van der Waals surface area contributed by atoms with Crippen LogP contribution in [-0.2, 0) is 4.79 Å². The Morgan fingerprint density at radius 3 is 2.21 bits per heavy atom. The largest absolute Gasteiger partial charge is 0.508 e. The summed E-state index contributed by atoms with van der Waals surface area (Å²) in [5.74, 6) is -0.460. The van der Waals surface area contributed by atoms with Gasteiger partial charge in [-0.05, 0) is 74.8 Å². The number of amides is 1. The maximum atomic E-state index is 12.7. The van der Waals surface area contributed by atoms with E-state index in [-0.39, 0.29) is 23.3 Å². The molecule has 2 aromatic carbocycles. The first kappa shape index (κ1) is 27.1. The zero-order valence-electron chi connectivity index (χ0n) is 23.3. The number of hydrazone groups is 1. The van der Waals surface area contributed by atoms with Crippen molar-refractivity contribution in [2.75, 3.05) is 69.2 Å². The molecule has 2 saturated heterocycles. The van der Waals surface area contributed by atoms with Crippen molar-refractivity contribution in [1.82, 2.24) is 14.8 Å². The highest BCUT2D eigenvalue weighted by molar-refractivity contribution is 6.43. The Morgan fingerprint density at radius 1 is 0.949 bits per heavy atom. The molecule has 4 N–H and O–H groups in total. The molecule has 5 rings (SSSR count). The lowest BCUT2D eigenvalue weighted by Crippen LogP contribution is -2.44. The molecule has 10 heteroatoms. The first-order valence-electron chi connectivity index (χ1n) is 14.0. The Balaban J connectivity index is 1.52. The zero-order valence-corrected chi connectivity index (χ0v) is 23.3. The van der Waals surface area contributed by atoms with Crippen LogP contribution < -0.4 is 15.5 Å². The van der Waals surface area contributed by atoms with Crippen molar-refractivity contribution in [2.45, 2.75) is 38.8 Å². The number of benzene rings is 2. The Hall–Kier alpha value is -3.50. The van der Waals surface area contributed by atoms with Crippen molar-refractivity contribution >= 4 is 23.1 Å². The molecule has 10 nitrogen and oxygen atoms in total. The predicted molar refractivity (Wildman–Crippen MR) is 154 cm³/mol. The molecule has 1 atom stereocenters. The fourth-order valence-corrected chi connectivity index (χ4v) is 5.80. The minimum atomic E-state index is -0.630. The van der Waals surface area contributed by atoms with E-state index in [0.717, 1.165) is 62.8 Å². The lowest BCUT2D eigenvalue weighted by molar-refractivity contribution is -0.112. The highest BCUT2D eigenvalue weighted by Gasteiger charge is 2.40. The van der Waals surface area contributed by atoms with Gasteiger partial charge >= 0.3 is 0 Å². The number of amidine groups is 1. The van der Waals surface area contributed by atoms with Crippen molar-refractivity contribution in [2.24, 2.45) is 10.8 Å². The van der Waals surface area contributed by atoms with Crippen molar-refractivity contribution in [3.63, 3.8) is 0 Å². The van der Waals surface area contributed by atoms with Crippen LogP contribution in [0.2, 0.25) is 0 Å². The molecular weight excluding hydrogens is 494 g/mol. The fourth-order valence-electron chi connectivity index (χ4n) is 5.80. The molecule has 3 heterocycles. The van der Waals surface area contributed by atoms with Crippen molar-refractivity contribution in [3.8, 4) is 11.5 Å². The van der Waals surface area contributed by atoms with E-state index in [0.29, 0.717) is 12.1 Å². The van der Waals surface area contributed by atoms with E-state index in [4.69, 9.17) is 10.8 Å². The highest BCUT2D eigenvalue weighted by atomic mass is 16.3. The summed E-state index contributed by atoms with van der Waals surface area (Å²) in [5.41, 5.74) is 9.06. The summed E-state index contributed by atoms with van der Waals surface area (Å²) in [5, 5.41) is 28.2. The maximum Gasteiger partial charge on any atom is 0.286 e. The number of anilines is 2. The minimum absolute atomic E-state index is 0.0386. The van der Waals surface area contributed by atoms with Crippen molar-refractivity contribution < 1.29 is 15.0 Å². The third kappa shape index (κ3) is 5.62. The van der Waals surface area contributed by atoms with Gasteiger partial charge in [0.05, 0.1) is 6.54 Å². The molecule has 0 bridgehead atoms. The number of carbonyl (C=O) groups is 1. The van der Waals surface area contributed by atoms with Gasteiger partial charge in [0, 0.05) is 55.7 Å². The molecular formula is C29H41N7O3. The number of aromatic hydroxyl groups is 2.